The first kappa shape index (κ1) is 22.5. The number of pyridine rings is 2. The summed E-state index contributed by atoms with van der Waals surface area (Å²) >= 11 is 5.68. The number of nitrogens with zero attached hydrogens (tertiary/aromatic N) is 2. The van der Waals surface area contributed by atoms with Crippen molar-refractivity contribution in [3.05, 3.63) is 71.3 Å². The van der Waals surface area contributed by atoms with Crippen LogP contribution in [0.15, 0.2) is 54.7 Å². The lowest BCUT2D eigenvalue weighted by molar-refractivity contribution is -0.137. The van der Waals surface area contributed by atoms with Gasteiger partial charge in [0.2, 0.25) is 0 Å². The van der Waals surface area contributed by atoms with Gasteiger partial charge in [0.1, 0.15) is 5.75 Å². The van der Waals surface area contributed by atoms with E-state index in [1.165, 1.54) is 6.20 Å². The first-order chi connectivity index (χ1) is 13.4. The van der Waals surface area contributed by atoms with Crippen molar-refractivity contribution in [3.8, 4) is 22.9 Å². The second kappa shape index (κ2) is 10.2. The molecule has 3 rings (SSSR count). The van der Waals surface area contributed by atoms with E-state index in [1.807, 2.05) is 12.1 Å². The van der Waals surface area contributed by atoms with Crippen molar-refractivity contribution in [1.29, 1.82) is 0 Å². The molecule has 0 radical (unpaired) electrons. The topological polar surface area (TPSA) is 98.3 Å². The monoisotopic (exact) mass is 437 g/mol. The van der Waals surface area contributed by atoms with E-state index < -0.39 is 17.8 Å². The second-order valence-corrected chi connectivity index (χ2v) is 6.58. The van der Waals surface area contributed by atoms with E-state index in [9.17, 15) is 9.18 Å². The molecule has 6 nitrogen and oxygen atoms in total. The Morgan fingerprint density at radius 1 is 1.24 bits per heavy atom. The van der Waals surface area contributed by atoms with E-state index in [4.69, 9.17) is 27.2 Å². The van der Waals surface area contributed by atoms with Gasteiger partial charge in [-0.05, 0) is 42.5 Å². The van der Waals surface area contributed by atoms with Crippen LogP contribution in [0.3, 0.4) is 0 Å². The number of halogens is 3. The van der Waals surface area contributed by atoms with Crippen LogP contribution in [0.1, 0.15) is 12.1 Å². The smallest absolute Gasteiger partial charge is 0.304 e. The van der Waals surface area contributed by atoms with Crippen LogP contribution in [0.4, 0.5) is 4.39 Å². The molecular weight excluding hydrogens is 420 g/mol. The summed E-state index contributed by atoms with van der Waals surface area (Å²) in [4.78, 5) is 19.1. The summed E-state index contributed by atoms with van der Waals surface area (Å²) in [5.41, 5.74) is 8.07. The van der Waals surface area contributed by atoms with Crippen molar-refractivity contribution in [3.63, 3.8) is 0 Å². The standard InChI is InChI=1S/C20H17ClFN3O3.ClH/c21-13-8-17(22)20(24-11-13)28-16-6-4-12(5-7-16)18-3-1-2-15(25-18)9-14(23)10-19(26)27;/h1-8,11,14H,9-10,23H2,(H,26,27);1H/t14-;/m1./s1. The molecule has 0 bridgehead atoms. The normalized spacial score (nSPS) is 11.4. The summed E-state index contributed by atoms with van der Waals surface area (Å²) in [6, 6.07) is 13.0. The lowest BCUT2D eigenvalue weighted by atomic mass is 10.1. The highest BCUT2D eigenvalue weighted by Crippen LogP contribution is 2.26. The van der Waals surface area contributed by atoms with Crippen molar-refractivity contribution >= 4 is 30.0 Å². The third-order valence-electron chi connectivity index (χ3n) is 3.85. The zero-order valence-corrected chi connectivity index (χ0v) is 16.7. The molecule has 0 aliphatic rings. The van der Waals surface area contributed by atoms with Crippen LogP contribution >= 0.6 is 24.0 Å². The Labute approximate surface area is 177 Å². The zero-order chi connectivity index (χ0) is 20.1. The summed E-state index contributed by atoms with van der Waals surface area (Å²) in [6.07, 6.45) is 1.55. The van der Waals surface area contributed by atoms with Crippen molar-refractivity contribution in [2.24, 2.45) is 5.73 Å². The van der Waals surface area contributed by atoms with E-state index >= 15 is 0 Å². The predicted molar refractivity (Wildman–Crippen MR) is 110 cm³/mol. The van der Waals surface area contributed by atoms with Gasteiger partial charge in [-0.2, -0.15) is 0 Å². The predicted octanol–water partition coefficient (Wildman–Crippen LogP) is 4.49. The number of hydrogen-bond donors (Lipinski definition) is 2. The van der Waals surface area contributed by atoms with Crippen LogP contribution in [0.5, 0.6) is 11.6 Å². The van der Waals surface area contributed by atoms with Crippen LogP contribution in [0, 0.1) is 5.82 Å². The quantitative estimate of drug-likeness (QED) is 0.564. The third kappa shape index (κ3) is 6.39. The lowest BCUT2D eigenvalue weighted by Crippen LogP contribution is -2.26. The van der Waals surface area contributed by atoms with Crippen LogP contribution in [-0.4, -0.2) is 27.1 Å². The van der Waals surface area contributed by atoms with Gasteiger partial charge in [0.25, 0.3) is 5.88 Å². The number of hydrogen-bond acceptors (Lipinski definition) is 5. The highest BCUT2D eigenvalue weighted by molar-refractivity contribution is 6.30. The summed E-state index contributed by atoms with van der Waals surface area (Å²) in [5, 5.41) is 9.00. The fourth-order valence-corrected chi connectivity index (χ4v) is 2.75. The van der Waals surface area contributed by atoms with Gasteiger partial charge in [0.05, 0.1) is 17.1 Å². The van der Waals surface area contributed by atoms with E-state index in [1.54, 1.807) is 30.3 Å². The molecule has 0 spiro atoms. The molecule has 0 fully saturated rings. The van der Waals surface area contributed by atoms with Gasteiger partial charge in [0.15, 0.2) is 5.82 Å². The minimum absolute atomic E-state index is 0. The highest BCUT2D eigenvalue weighted by Gasteiger charge is 2.11. The maximum atomic E-state index is 13.8. The molecule has 0 saturated heterocycles. The molecule has 3 aromatic rings. The van der Waals surface area contributed by atoms with Crippen molar-refractivity contribution in [2.75, 3.05) is 0 Å². The summed E-state index contributed by atoms with van der Waals surface area (Å²) in [6.45, 7) is 0. The Morgan fingerprint density at radius 2 is 1.97 bits per heavy atom. The molecule has 152 valence electrons. The number of benzene rings is 1. The molecule has 2 aromatic heterocycles. The molecule has 1 aromatic carbocycles. The number of rotatable bonds is 7. The number of carboxylic acids is 1. The first-order valence-electron chi connectivity index (χ1n) is 8.43. The van der Waals surface area contributed by atoms with Crippen molar-refractivity contribution in [2.45, 2.75) is 18.9 Å². The third-order valence-corrected chi connectivity index (χ3v) is 4.06. The average molecular weight is 438 g/mol. The number of aromatic nitrogens is 2. The lowest BCUT2D eigenvalue weighted by Gasteiger charge is -2.10. The Hall–Kier alpha value is -2.74. The molecule has 29 heavy (non-hydrogen) atoms. The van der Waals surface area contributed by atoms with Gasteiger partial charge < -0.3 is 15.6 Å². The van der Waals surface area contributed by atoms with Crippen molar-refractivity contribution in [1.82, 2.24) is 9.97 Å². The Kier molecular flexibility index (Phi) is 7.90. The SMILES string of the molecule is Cl.N[C@@H](CC(=O)O)Cc1cccc(-c2ccc(Oc3ncc(Cl)cc3F)cc2)n1. The summed E-state index contributed by atoms with van der Waals surface area (Å²) < 4.78 is 19.2. The fourth-order valence-electron chi connectivity index (χ4n) is 2.60. The van der Waals surface area contributed by atoms with Crippen molar-refractivity contribution < 1.29 is 19.0 Å². The average Bonchev–Trinajstić information content (AvgIpc) is 2.64. The molecule has 0 amide bonds. The number of carbonyl (C=O) groups is 1. The van der Waals surface area contributed by atoms with Crippen LogP contribution in [-0.2, 0) is 11.2 Å². The first-order valence-corrected chi connectivity index (χ1v) is 8.81. The van der Waals surface area contributed by atoms with E-state index in [0.717, 1.165) is 11.6 Å². The second-order valence-electron chi connectivity index (χ2n) is 6.14. The van der Waals surface area contributed by atoms with Crippen LogP contribution < -0.4 is 10.5 Å². The number of nitrogens with two attached hydrogens (primary N) is 1. The number of aliphatic carboxylic acids is 1. The van der Waals surface area contributed by atoms with Gasteiger partial charge in [-0.15, -0.1) is 12.4 Å². The zero-order valence-electron chi connectivity index (χ0n) is 15.1. The molecule has 0 saturated carbocycles. The molecule has 3 N–H and O–H groups in total. The minimum atomic E-state index is -0.939. The Balaban J connectivity index is 0.00000300. The van der Waals surface area contributed by atoms with Gasteiger partial charge >= 0.3 is 5.97 Å². The van der Waals surface area contributed by atoms with E-state index in [-0.39, 0.29) is 29.7 Å². The molecule has 2 heterocycles. The molecule has 9 heteroatoms. The van der Waals surface area contributed by atoms with E-state index in [0.29, 0.717) is 23.6 Å². The minimum Gasteiger partial charge on any atom is -0.481 e. The van der Waals surface area contributed by atoms with Gasteiger partial charge in [0, 0.05) is 29.9 Å². The van der Waals surface area contributed by atoms with Gasteiger partial charge in [-0.25, -0.2) is 9.37 Å². The highest BCUT2D eigenvalue weighted by atomic mass is 35.5. The molecule has 0 unspecified atom stereocenters. The molecule has 1 atom stereocenters. The Bertz CT molecular complexity index is 987. The maximum Gasteiger partial charge on any atom is 0.304 e. The molecule has 0 aliphatic heterocycles. The summed E-state index contributed by atoms with van der Waals surface area (Å²) in [5.74, 6) is -1.34. The van der Waals surface area contributed by atoms with Crippen LogP contribution in [0.2, 0.25) is 5.02 Å². The molecule has 0 aliphatic carbocycles. The number of carboxylic acid groups (broad SMARTS) is 1. The Morgan fingerprint density at radius 3 is 2.62 bits per heavy atom. The largest absolute Gasteiger partial charge is 0.481 e. The van der Waals surface area contributed by atoms with Gasteiger partial charge in [-0.3, -0.25) is 9.78 Å². The maximum absolute atomic E-state index is 13.8. The van der Waals surface area contributed by atoms with Crippen LogP contribution in [0.25, 0.3) is 11.3 Å². The fraction of sp³-hybridized carbons (Fsp3) is 0.150. The van der Waals surface area contributed by atoms with E-state index in [2.05, 4.69) is 9.97 Å². The summed E-state index contributed by atoms with van der Waals surface area (Å²) in [7, 11) is 0. The molecular formula is C20H18Cl2FN3O3. The number of ether oxygens (including phenoxy) is 1. The van der Waals surface area contributed by atoms with Gasteiger partial charge in [-0.1, -0.05) is 17.7 Å².